The summed E-state index contributed by atoms with van der Waals surface area (Å²) in [5.41, 5.74) is 2.76. The zero-order chi connectivity index (χ0) is 17.3. The summed E-state index contributed by atoms with van der Waals surface area (Å²) in [5.74, 6) is -1.13. The number of hydrogen-bond donors (Lipinski definition) is 2. The van der Waals surface area contributed by atoms with Crippen LogP contribution in [0.1, 0.15) is 28.5 Å². The zero-order valence-corrected chi connectivity index (χ0v) is 13.2. The number of carbonyl (C=O) groups excluding carboxylic acids is 3. The predicted molar refractivity (Wildman–Crippen MR) is 85.6 cm³/mol. The van der Waals surface area contributed by atoms with Crippen LogP contribution in [0.3, 0.4) is 0 Å². The van der Waals surface area contributed by atoms with Crippen LogP contribution in [-0.4, -0.2) is 27.8 Å². The van der Waals surface area contributed by atoms with Crippen molar-refractivity contribution in [3.05, 3.63) is 65.5 Å². The first kappa shape index (κ1) is 15.7. The molecule has 3 rings (SSSR count). The van der Waals surface area contributed by atoms with E-state index in [-0.39, 0.29) is 5.56 Å². The van der Waals surface area contributed by atoms with Crippen LogP contribution >= 0.6 is 0 Å². The molecule has 1 aliphatic heterocycles. The number of nitrogens with zero attached hydrogens (tertiary/aromatic N) is 2. The fraction of sp³-hybridized carbons (Fsp3) is 0.176. The second-order valence-electron chi connectivity index (χ2n) is 5.69. The van der Waals surface area contributed by atoms with Crippen molar-refractivity contribution in [1.82, 2.24) is 20.7 Å². The maximum atomic E-state index is 12.7. The Bertz CT molecular complexity index is 804. The maximum absolute atomic E-state index is 12.7. The first-order valence-corrected chi connectivity index (χ1v) is 7.38. The van der Waals surface area contributed by atoms with Crippen molar-refractivity contribution in [2.24, 2.45) is 0 Å². The van der Waals surface area contributed by atoms with Gasteiger partial charge in [-0.05, 0) is 31.5 Å². The van der Waals surface area contributed by atoms with Gasteiger partial charge in [0.15, 0.2) is 0 Å². The molecule has 2 N–H and O–H groups in total. The molecule has 4 amide bonds. The Morgan fingerprint density at radius 2 is 1.88 bits per heavy atom. The molecule has 24 heavy (non-hydrogen) atoms. The van der Waals surface area contributed by atoms with E-state index in [1.807, 2.05) is 6.07 Å². The maximum Gasteiger partial charge on any atom is 0.344 e. The van der Waals surface area contributed by atoms with E-state index in [9.17, 15) is 14.4 Å². The van der Waals surface area contributed by atoms with Gasteiger partial charge in [-0.15, -0.1) is 0 Å². The van der Waals surface area contributed by atoms with Crippen LogP contribution in [0.5, 0.6) is 0 Å². The fourth-order valence-electron chi connectivity index (χ4n) is 2.48. The topological polar surface area (TPSA) is 91.4 Å². The Kier molecular flexibility index (Phi) is 3.76. The molecule has 2 aromatic rings. The van der Waals surface area contributed by atoms with Gasteiger partial charge >= 0.3 is 6.03 Å². The number of rotatable bonds is 3. The van der Waals surface area contributed by atoms with Crippen LogP contribution in [0.2, 0.25) is 0 Å². The van der Waals surface area contributed by atoms with E-state index in [2.05, 4.69) is 15.7 Å². The number of aromatic nitrogens is 1. The third kappa shape index (κ3) is 2.60. The normalized spacial score (nSPS) is 20.0. The summed E-state index contributed by atoms with van der Waals surface area (Å²) in [5, 5.41) is 3.32. The van der Waals surface area contributed by atoms with Crippen LogP contribution in [-0.2, 0) is 10.3 Å². The number of urea groups is 1. The summed E-state index contributed by atoms with van der Waals surface area (Å²) < 4.78 is 0. The monoisotopic (exact) mass is 324 g/mol. The van der Waals surface area contributed by atoms with Crippen LogP contribution in [0, 0.1) is 6.92 Å². The Balaban J connectivity index is 1.82. The van der Waals surface area contributed by atoms with E-state index in [1.165, 1.54) is 6.20 Å². The van der Waals surface area contributed by atoms with Gasteiger partial charge in [-0.25, -0.2) is 4.79 Å². The molecular weight excluding hydrogens is 308 g/mol. The molecule has 0 spiro atoms. The van der Waals surface area contributed by atoms with E-state index in [0.29, 0.717) is 10.6 Å². The fourth-order valence-corrected chi connectivity index (χ4v) is 2.48. The van der Waals surface area contributed by atoms with E-state index in [4.69, 9.17) is 0 Å². The number of hydrogen-bond acceptors (Lipinski definition) is 4. The van der Waals surface area contributed by atoms with E-state index >= 15 is 0 Å². The standard InChI is InChI=1S/C17H16N4O3/c1-11-8-9-12(10-18-11)14(22)20-21-15(23)17(2,19-16(21)24)13-6-4-3-5-7-13/h3-10H,1-2H3,(H,19,24)(H,20,22). The number of aryl methyl sites for hydroxylation is 1. The molecule has 122 valence electrons. The van der Waals surface area contributed by atoms with Crippen molar-refractivity contribution in [3.63, 3.8) is 0 Å². The third-order valence-electron chi connectivity index (χ3n) is 3.93. The van der Waals surface area contributed by atoms with E-state index < -0.39 is 23.4 Å². The summed E-state index contributed by atoms with van der Waals surface area (Å²) in [4.78, 5) is 41.1. The highest BCUT2D eigenvalue weighted by Crippen LogP contribution is 2.27. The first-order valence-electron chi connectivity index (χ1n) is 7.38. The minimum atomic E-state index is -1.23. The SMILES string of the molecule is Cc1ccc(C(=O)NN2C(=O)NC(C)(c3ccccc3)C2=O)cn1. The lowest BCUT2D eigenvalue weighted by Crippen LogP contribution is -2.47. The molecule has 7 nitrogen and oxygen atoms in total. The summed E-state index contributed by atoms with van der Waals surface area (Å²) in [7, 11) is 0. The molecule has 0 aliphatic carbocycles. The van der Waals surface area contributed by atoms with Gasteiger partial charge in [-0.3, -0.25) is 20.0 Å². The number of pyridine rings is 1. The predicted octanol–water partition coefficient (Wildman–Crippen LogP) is 1.50. The van der Waals surface area contributed by atoms with Gasteiger partial charge in [0.2, 0.25) is 0 Å². The second-order valence-corrected chi connectivity index (χ2v) is 5.69. The molecule has 1 aromatic carbocycles. The largest absolute Gasteiger partial charge is 0.344 e. The molecule has 1 aromatic heterocycles. The Hall–Kier alpha value is -3.22. The van der Waals surface area contributed by atoms with Gasteiger partial charge in [0.05, 0.1) is 5.56 Å². The number of benzene rings is 1. The molecular formula is C17H16N4O3. The zero-order valence-electron chi connectivity index (χ0n) is 13.2. The van der Waals surface area contributed by atoms with Crippen molar-refractivity contribution in [1.29, 1.82) is 0 Å². The lowest BCUT2D eigenvalue weighted by molar-refractivity contribution is -0.132. The summed E-state index contributed by atoms with van der Waals surface area (Å²) in [6, 6.07) is 11.4. The Labute approximate surface area is 138 Å². The van der Waals surface area contributed by atoms with Crippen molar-refractivity contribution in [2.75, 3.05) is 0 Å². The first-order chi connectivity index (χ1) is 11.4. The van der Waals surface area contributed by atoms with Crippen molar-refractivity contribution >= 4 is 17.8 Å². The van der Waals surface area contributed by atoms with Crippen molar-refractivity contribution in [2.45, 2.75) is 19.4 Å². The number of amides is 4. The summed E-state index contributed by atoms with van der Waals surface area (Å²) >= 11 is 0. The third-order valence-corrected chi connectivity index (χ3v) is 3.93. The average molecular weight is 324 g/mol. The highest BCUT2D eigenvalue weighted by molar-refractivity contribution is 6.09. The number of imide groups is 1. The molecule has 0 bridgehead atoms. The van der Waals surface area contributed by atoms with Crippen LogP contribution in [0.25, 0.3) is 0 Å². The lowest BCUT2D eigenvalue weighted by atomic mass is 9.92. The van der Waals surface area contributed by atoms with E-state index in [1.54, 1.807) is 50.2 Å². The molecule has 1 atom stereocenters. The van der Waals surface area contributed by atoms with Gasteiger partial charge in [0.1, 0.15) is 5.54 Å². The van der Waals surface area contributed by atoms with Crippen LogP contribution < -0.4 is 10.7 Å². The molecule has 1 saturated heterocycles. The highest BCUT2D eigenvalue weighted by atomic mass is 16.2. The number of carbonyl (C=O) groups is 3. The average Bonchev–Trinajstić information content (AvgIpc) is 2.80. The van der Waals surface area contributed by atoms with Gasteiger partial charge in [0.25, 0.3) is 11.8 Å². The van der Waals surface area contributed by atoms with Gasteiger partial charge in [-0.2, -0.15) is 5.01 Å². The van der Waals surface area contributed by atoms with Gasteiger partial charge in [-0.1, -0.05) is 30.3 Å². The molecule has 2 heterocycles. The molecule has 1 aliphatic rings. The van der Waals surface area contributed by atoms with Gasteiger partial charge in [0, 0.05) is 11.9 Å². The van der Waals surface area contributed by atoms with Gasteiger partial charge < -0.3 is 5.32 Å². The Morgan fingerprint density at radius 1 is 1.17 bits per heavy atom. The van der Waals surface area contributed by atoms with Crippen molar-refractivity contribution < 1.29 is 14.4 Å². The van der Waals surface area contributed by atoms with Crippen molar-refractivity contribution in [3.8, 4) is 0 Å². The smallest absolute Gasteiger partial charge is 0.318 e. The Morgan fingerprint density at radius 3 is 2.50 bits per heavy atom. The second kappa shape index (κ2) is 5.77. The summed E-state index contributed by atoms with van der Waals surface area (Å²) in [6.07, 6.45) is 1.39. The molecule has 0 saturated carbocycles. The highest BCUT2D eigenvalue weighted by Gasteiger charge is 2.50. The minimum absolute atomic E-state index is 0.259. The van der Waals surface area contributed by atoms with Crippen LogP contribution in [0.4, 0.5) is 4.79 Å². The lowest BCUT2D eigenvalue weighted by Gasteiger charge is -2.22. The quantitative estimate of drug-likeness (QED) is 0.837. The molecule has 1 unspecified atom stereocenters. The minimum Gasteiger partial charge on any atom is -0.318 e. The molecule has 0 radical (unpaired) electrons. The molecule has 1 fully saturated rings. The number of hydrazine groups is 1. The number of nitrogens with one attached hydrogen (secondary N) is 2. The van der Waals surface area contributed by atoms with E-state index in [0.717, 1.165) is 5.69 Å². The van der Waals surface area contributed by atoms with Crippen LogP contribution in [0.15, 0.2) is 48.7 Å². The summed E-state index contributed by atoms with van der Waals surface area (Å²) in [6.45, 7) is 3.40. The molecule has 7 heteroatoms.